The fourth-order valence-electron chi connectivity index (χ4n) is 4.47. The van der Waals surface area contributed by atoms with Crippen LogP contribution in [0.5, 0.6) is 5.75 Å². The van der Waals surface area contributed by atoms with E-state index in [1.807, 2.05) is 42.5 Å². The normalized spacial score (nSPS) is 19.0. The third-order valence-electron chi connectivity index (χ3n) is 6.32. The highest BCUT2D eigenvalue weighted by Gasteiger charge is 2.45. The maximum absolute atomic E-state index is 13.3. The molecular formula is C28H27F6NO3. The Morgan fingerprint density at radius 1 is 0.842 bits per heavy atom. The molecule has 1 aliphatic heterocycles. The standard InChI is InChI=1S/C28H27F6NO3/c1-26(2)25(37-16-18-11-19(27(29,30)31)13-20(12-18)28(32,33)34)24(36-3)22-14-21(9-10-23(22)38-26)35-15-17-7-5-4-6-8-17/h4-14,24-25,35H,15-16H2,1-3H3. The highest BCUT2D eigenvalue weighted by atomic mass is 19.4. The number of halogens is 6. The number of hydrogen-bond donors (Lipinski definition) is 1. The summed E-state index contributed by atoms with van der Waals surface area (Å²) in [5.41, 5.74) is -1.55. The van der Waals surface area contributed by atoms with Crippen LogP contribution in [0, 0.1) is 0 Å². The summed E-state index contributed by atoms with van der Waals surface area (Å²) < 4.78 is 97.6. The van der Waals surface area contributed by atoms with E-state index in [1.54, 1.807) is 19.9 Å². The molecule has 0 aliphatic carbocycles. The van der Waals surface area contributed by atoms with Gasteiger partial charge in [-0.1, -0.05) is 30.3 Å². The Morgan fingerprint density at radius 2 is 1.47 bits per heavy atom. The third-order valence-corrected chi connectivity index (χ3v) is 6.32. The Hall–Kier alpha value is -3.24. The molecule has 1 N–H and O–H groups in total. The number of nitrogens with one attached hydrogen (secondary N) is 1. The topological polar surface area (TPSA) is 39.7 Å². The van der Waals surface area contributed by atoms with Gasteiger partial charge in [-0.3, -0.25) is 0 Å². The van der Waals surface area contributed by atoms with E-state index in [4.69, 9.17) is 14.2 Å². The smallest absolute Gasteiger partial charge is 0.416 e. The minimum absolute atomic E-state index is 0.0926. The summed E-state index contributed by atoms with van der Waals surface area (Å²) in [4.78, 5) is 0. The van der Waals surface area contributed by atoms with Crippen LogP contribution < -0.4 is 10.1 Å². The quantitative estimate of drug-likeness (QED) is 0.311. The molecule has 1 heterocycles. The lowest BCUT2D eigenvalue weighted by atomic mass is 9.87. The van der Waals surface area contributed by atoms with Crippen molar-refractivity contribution < 1.29 is 40.6 Å². The summed E-state index contributed by atoms with van der Waals surface area (Å²) in [5, 5.41) is 3.32. The van der Waals surface area contributed by atoms with Crippen LogP contribution in [0.3, 0.4) is 0 Å². The Labute approximate surface area is 216 Å². The molecule has 2 atom stereocenters. The molecule has 38 heavy (non-hydrogen) atoms. The van der Waals surface area contributed by atoms with Gasteiger partial charge in [-0.2, -0.15) is 26.3 Å². The molecule has 0 spiro atoms. The number of fused-ring (bicyclic) bond motifs is 1. The van der Waals surface area contributed by atoms with E-state index >= 15 is 0 Å². The fourth-order valence-corrected chi connectivity index (χ4v) is 4.47. The minimum Gasteiger partial charge on any atom is -0.485 e. The Morgan fingerprint density at radius 3 is 2.05 bits per heavy atom. The lowest BCUT2D eigenvalue weighted by molar-refractivity contribution is -0.159. The van der Waals surface area contributed by atoms with Crippen molar-refractivity contribution in [2.24, 2.45) is 0 Å². The summed E-state index contributed by atoms with van der Waals surface area (Å²) in [5.74, 6) is 0.547. The Balaban J connectivity index is 1.59. The van der Waals surface area contributed by atoms with Gasteiger partial charge in [0.2, 0.25) is 0 Å². The molecule has 0 aromatic heterocycles. The molecule has 3 aromatic carbocycles. The van der Waals surface area contributed by atoms with Crippen molar-refractivity contribution in [1.82, 2.24) is 0 Å². The number of ether oxygens (including phenoxy) is 3. The molecular weight excluding hydrogens is 512 g/mol. The average molecular weight is 540 g/mol. The molecule has 1 aliphatic rings. The van der Waals surface area contributed by atoms with Crippen LogP contribution in [0.2, 0.25) is 0 Å². The van der Waals surface area contributed by atoms with Crippen LogP contribution in [0.25, 0.3) is 0 Å². The lowest BCUT2D eigenvalue weighted by Crippen LogP contribution is -2.50. The molecule has 4 rings (SSSR count). The van der Waals surface area contributed by atoms with Gasteiger partial charge in [0.25, 0.3) is 0 Å². The first-order chi connectivity index (χ1) is 17.8. The second-order valence-corrected chi connectivity index (χ2v) is 9.60. The van der Waals surface area contributed by atoms with Gasteiger partial charge >= 0.3 is 12.4 Å². The number of hydrogen-bond acceptors (Lipinski definition) is 4. The largest absolute Gasteiger partial charge is 0.485 e. The SMILES string of the molecule is COC1c2cc(NCc3ccccc3)ccc2OC(C)(C)C1OCc1cc(C(F)(F)F)cc(C(F)(F)F)c1. The maximum Gasteiger partial charge on any atom is 0.416 e. The molecule has 0 saturated carbocycles. The second-order valence-electron chi connectivity index (χ2n) is 9.60. The summed E-state index contributed by atoms with van der Waals surface area (Å²) in [6, 6.07) is 16.7. The summed E-state index contributed by atoms with van der Waals surface area (Å²) in [6.45, 7) is 3.51. The minimum atomic E-state index is -4.94. The van der Waals surface area contributed by atoms with Gasteiger partial charge in [0.05, 0.1) is 17.7 Å². The molecule has 3 aromatic rings. The number of benzene rings is 3. The Bertz CT molecular complexity index is 1230. The molecule has 0 amide bonds. The average Bonchev–Trinajstić information content (AvgIpc) is 2.85. The van der Waals surface area contributed by atoms with E-state index in [0.717, 1.165) is 11.3 Å². The van der Waals surface area contributed by atoms with Crippen LogP contribution in [0.15, 0.2) is 66.7 Å². The van der Waals surface area contributed by atoms with Crippen molar-refractivity contribution in [1.29, 1.82) is 0 Å². The number of anilines is 1. The van der Waals surface area contributed by atoms with Gasteiger partial charge in [0.15, 0.2) is 0 Å². The first kappa shape index (κ1) is 27.8. The molecule has 10 heteroatoms. The van der Waals surface area contributed by atoms with E-state index in [-0.39, 0.29) is 11.6 Å². The van der Waals surface area contributed by atoms with Gasteiger partial charge in [0.1, 0.15) is 23.6 Å². The van der Waals surface area contributed by atoms with Crippen molar-refractivity contribution in [2.75, 3.05) is 12.4 Å². The van der Waals surface area contributed by atoms with E-state index in [9.17, 15) is 26.3 Å². The van der Waals surface area contributed by atoms with Gasteiger partial charge in [0, 0.05) is 24.9 Å². The first-order valence-corrected chi connectivity index (χ1v) is 11.8. The summed E-state index contributed by atoms with van der Waals surface area (Å²) in [7, 11) is 1.46. The molecule has 4 nitrogen and oxygen atoms in total. The number of alkyl halides is 6. The maximum atomic E-state index is 13.3. The number of rotatable bonds is 7. The van der Waals surface area contributed by atoms with Crippen LogP contribution >= 0.6 is 0 Å². The van der Waals surface area contributed by atoms with E-state index in [0.29, 0.717) is 30.0 Å². The second kappa shape index (κ2) is 10.5. The first-order valence-electron chi connectivity index (χ1n) is 11.8. The fraction of sp³-hybridized carbons (Fsp3) is 0.357. The monoisotopic (exact) mass is 539 g/mol. The molecule has 0 saturated heterocycles. The van der Waals surface area contributed by atoms with E-state index in [2.05, 4.69) is 5.32 Å². The molecule has 0 radical (unpaired) electrons. The molecule has 0 fully saturated rings. The number of methoxy groups -OCH3 is 1. The third kappa shape index (κ3) is 6.24. The molecule has 0 bridgehead atoms. The van der Waals surface area contributed by atoms with Crippen molar-refractivity contribution in [3.8, 4) is 5.75 Å². The van der Waals surface area contributed by atoms with Gasteiger partial charge in [-0.25, -0.2) is 0 Å². The predicted octanol–water partition coefficient (Wildman–Crippen LogP) is 7.78. The van der Waals surface area contributed by atoms with E-state index in [1.165, 1.54) is 7.11 Å². The molecule has 2 unspecified atom stereocenters. The van der Waals surface area contributed by atoms with Crippen LogP contribution in [0.1, 0.15) is 47.8 Å². The zero-order valence-corrected chi connectivity index (χ0v) is 20.9. The van der Waals surface area contributed by atoms with Crippen molar-refractivity contribution >= 4 is 5.69 Å². The predicted molar refractivity (Wildman–Crippen MR) is 130 cm³/mol. The highest BCUT2D eigenvalue weighted by Crippen LogP contribution is 2.44. The summed E-state index contributed by atoms with van der Waals surface area (Å²) in [6.07, 6.45) is -11.4. The Kier molecular flexibility index (Phi) is 7.67. The van der Waals surface area contributed by atoms with Crippen LogP contribution in [-0.2, 0) is 35.0 Å². The van der Waals surface area contributed by atoms with Crippen molar-refractivity contribution in [3.05, 3.63) is 94.5 Å². The van der Waals surface area contributed by atoms with Crippen molar-refractivity contribution in [3.63, 3.8) is 0 Å². The zero-order valence-electron chi connectivity index (χ0n) is 20.9. The van der Waals surface area contributed by atoms with Gasteiger partial charge < -0.3 is 19.5 Å². The summed E-state index contributed by atoms with van der Waals surface area (Å²) >= 11 is 0. The van der Waals surface area contributed by atoms with Gasteiger partial charge in [-0.15, -0.1) is 0 Å². The molecule has 204 valence electrons. The highest BCUT2D eigenvalue weighted by molar-refractivity contribution is 5.54. The zero-order chi connectivity index (χ0) is 27.7. The lowest BCUT2D eigenvalue weighted by Gasteiger charge is -2.44. The van der Waals surface area contributed by atoms with Gasteiger partial charge in [-0.05, 0) is 61.4 Å². The van der Waals surface area contributed by atoms with Crippen LogP contribution in [-0.4, -0.2) is 18.8 Å². The van der Waals surface area contributed by atoms with E-state index < -0.39 is 47.9 Å². The van der Waals surface area contributed by atoms with Crippen molar-refractivity contribution in [2.45, 2.75) is 57.2 Å². The van der Waals surface area contributed by atoms with Crippen LogP contribution in [0.4, 0.5) is 32.0 Å².